The minimum atomic E-state index is -1.02. The predicted molar refractivity (Wildman–Crippen MR) is 112 cm³/mol. The van der Waals surface area contributed by atoms with Crippen LogP contribution < -0.4 is 19.5 Å². The zero-order valence-electron chi connectivity index (χ0n) is 17.2. The van der Waals surface area contributed by atoms with Crippen molar-refractivity contribution in [3.05, 3.63) is 59.7 Å². The molecule has 7 nitrogen and oxygen atoms in total. The molecule has 0 radical (unpaired) electrons. The molecule has 0 bridgehead atoms. The number of ether oxygens (including phenoxy) is 4. The number of rotatable bonds is 9. The Morgan fingerprint density at radius 2 is 1.60 bits per heavy atom. The molecule has 1 fully saturated rings. The summed E-state index contributed by atoms with van der Waals surface area (Å²) in [5, 5.41) is 2.89. The summed E-state index contributed by atoms with van der Waals surface area (Å²) in [7, 11) is 4.57. The molecule has 2 aromatic carbocycles. The summed E-state index contributed by atoms with van der Waals surface area (Å²) in [5.41, 5.74) is 1.21. The van der Waals surface area contributed by atoms with Crippen LogP contribution in [0.4, 0.5) is 0 Å². The molecule has 0 saturated heterocycles. The fraction of sp³-hybridized carbons (Fsp3) is 0.304. The van der Waals surface area contributed by atoms with E-state index in [0.717, 1.165) is 12.8 Å². The number of methoxy groups -OCH3 is 3. The molecule has 1 amide bonds. The van der Waals surface area contributed by atoms with E-state index in [9.17, 15) is 9.59 Å². The Kier molecular flexibility index (Phi) is 6.95. The van der Waals surface area contributed by atoms with Crippen LogP contribution in [0.1, 0.15) is 30.1 Å². The minimum absolute atomic E-state index is 0.161. The van der Waals surface area contributed by atoms with Crippen molar-refractivity contribution in [3.63, 3.8) is 0 Å². The Balaban J connectivity index is 1.78. The van der Waals surface area contributed by atoms with Crippen LogP contribution in [0.15, 0.2) is 48.5 Å². The SMILES string of the molecule is COc1cc(OC)c(OC)cc1/C=C/C(=O)O[C@@H](C(=O)NC1CC1)c1ccccc1. The van der Waals surface area contributed by atoms with Crippen molar-refractivity contribution in [2.75, 3.05) is 21.3 Å². The van der Waals surface area contributed by atoms with Gasteiger partial charge < -0.3 is 24.3 Å². The zero-order valence-corrected chi connectivity index (χ0v) is 17.2. The number of nitrogens with one attached hydrogen (secondary N) is 1. The van der Waals surface area contributed by atoms with E-state index >= 15 is 0 Å². The van der Waals surface area contributed by atoms with Crippen LogP contribution in [0, 0.1) is 0 Å². The van der Waals surface area contributed by atoms with Gasteiger partial charge in [-0.15, -0.1) is 0 Å². The second-order valence-electron chi connectivity index (χ2n) is 6.79. The van der Waals surface area contributed by atoms with Crippen molar-refractivity contribution in [1.29, 1.82) is 0 Å². The normalized spacial score (nSPS) is 14.1. The predicted octanol–water partition coefficient (Wildman–Crippen LogP) is 3.29. The van der Waals surface area contributed by atoms with E-state index in [4.69, 9.17) is 18.9 Å². The molecule has 0 spiro atoms. The lowest BCUT2D eigenvalue weighted by atomic mass is 10.1. The summed E-state index contributed by atoms with van der Waals surface area (Å²) in [5.74, 6) is 0.538. The Morgan fingerprint density at radius 3 is 2.20 bits per heavy atom. The molecule has 1 N–H and O–H groups in total. The molecular weight excluding hydrogens is 386 g/mol. The van der Waals surface area contributed by atoms with Gasteiger partial charge in [0, 0.05) is 29.3 Å². The highest BCUT2D eigenvalue weighted by atomic mass is 16.5. The van der Waals surface area contributed by atoms with Gasteiger partial charge in [0.25, 0.3) is 5.91 Å². The van der Waals surface area contributed by atoms with E-state index in [1.807, 2.05) is 6.07 Å². The topological polar surface area (TPSA) is 83.1 Å². The van der Waals surface area contributed by atoms with Crippen LogP contribution in [-0.2, 0) is 14.3 Å². The minimum Gasteiger partial charge on any atom is -0.496 e. The van der Waals surface area contributed by atoms with Gasteiger partial charge in [-0.25, -0.2) is 4.79 Å². The molecule has 158 valence electrons. The molecule has 7 heteroatoms. The average molecular weight is 411 g/mol. The van der Waals surface area contributed by atoms with E-state index < -0.39 is 12.1 Å². The van der Waals surface area contributed by atoms with Crippen LogP contribution in [0.5, 0.6) is 17.2 Å². The van der Waals surface area contributed by atoms with Crippen molar-refractivity contribution >= 4 is 18.0 Å². The van der Waals surface area contributed by atoms with Gasteiger partial charge in [0.15, 0.2) is 11.5 Å². The lowest BCUT2D eigenvalue weighted by Gasteiger charge is -2.17. The number of hydrogen-bond donors (Lipinski definition) is 1. The third-order valence-corrected chi connectivity index (χ3v) is 4.63. The molecule has 1 aliphatic rings. The van der Waals surface area contributed by atoms with E-state index in [1.54, 1.807) is 42.5 Å². The second-order valence-corrected chi connectivity index (χ2v) is 6.79. The Bertz CT molecular complexity index is 921. The van der Waals surface area contributed by atoms with Gasteiger partial charge in [0.05, 0.1) is 21.3 Å². The average Bonchev–Trinajstić information content (AvgIpc) is 3.59. The number of hydrogen-bond acceptors (Lipinski definition) is 6. The maximum atomic E-state index is 12.6. The van der Waals surface area contributed by atoms with E-state index in [0.29, 0.717) is 28.4 Å². The highest BCUT2D eigenvalue weighted by molar-refractivity contribution is 5.91. The Morgan fingerprint density at radius 1 is 0.967 bits per heavy atom. The molecule has 2 aromatic rings. The fourth-order valence-electron chi connectivity index (χ4n) is 2.90. The number of carbonyl (C=O) groups is 2. The smallest absolute Gasteiger partial charge is 0.331 e. The molecule has 3 rings (SSSR count). The standard InChI is InChI=1S/C23H25NO6/c1-27-18-14-20(29-3)19(28-2)13-16(18)9-12-21(25)30-22(15-7-5-4-6-8-15)23(26)24-17-10-11-17/h4-9,12-14,17,22H,10-11H2,1-3H3,(H,24,26)/b12-9+/t22-/m1/s1. The monoisotopic (exact) mass is 411 g/mol. The van der Waals surface area contributed by atoms with Gasteiger partial charge >= 0.3 is 5.97 Å². The molecule has 0 aromatic heterocycles. The second kappa shape index (κ2) is 9.82. The fourth-order valence-corrected chi connectivity index (χ4v) is 2.90. The van der Waals surface area contributed by atoms with Crippen LogP contribution in [0.2, 0.25) is 0 Å². The van der Waals surface area contributed by atoms with Crippen molar-refractivity contribution < 1.29 is 28.5 Å². The van der Waals surface area contributed by atoms with Gasteiger partial charge in [-0.1, -0.05) is 30.3 Å². The van der Waals surface area contributed by atoms with Gasteiger partial charge in [-0.05, 0) is 25.0 Å². The van der Waals surface area contributed by atoms with Crippen molar-refractivity contribution in [2.24, 2.45) is 0 Å². The largest absolute Gasteiger partial charge is 0.496 e. The maximum Gasteiger partial charge on any atom is 0.331 e. The van der Waals surface area contributed by atoms with Gasteiger partial charge in [0.2, 0.25) is 6.10 Å². The summed E-state index contributed by atoms with van der Waals surface area (Å²) in [6.45, 7) is 0. The van der Waals surface area contributed by atoms with E-state index in [-0.39, 0.29) is 11.9 Å². The first-order chi connectivity index (χ1) is 14.5. The van der Waals surface area contributed by atoms with E-state index in [2.05, 4.69) is 5.32 Å². The molecule has 1 aliphatic carbocycles. The first-order valence-corrected chi connectivity index (χ1v) is 9.59. The number of carbonyl (C=O) groups excluding carboxylic acids is 2. The highest BCUT2D eigenvalue weighted by Crippen LogP contribution is 2.35. The Hall–Kier alpha value is -3.48. The first-order valence-electron chi connectivity index (χ1n) is 9.59. The van der Waals surface area contributed by atoms with Crippen LogP contribution in [-0.4, -0.2) is 39.2 Å². The molecule has 0 heterocycles. The van der Waals surface area contributed by atoms with Gasteiger partial charge in [-0.3, -0.25) is 4.79 Å². The summed E-state index contributed by atoms with van der Waals surface area (Å²) < 4.78 is 21.4. The quantitative estimate of drug-likeness (QED) is 0.504. The molecule has 0 aliphatic heterocycles. The lowest BCUT2D eigenvalue weighted by Crippen LogP contribution is -2.33. The third-order valence-electron chi connectivity index (χ3n) is 4.63. The first kappa shape index (κ1) is 21.2. The van der Waals surface area contributed by atoms with Crippen LogP contribution in [0.25, 0.3) is 6.08 Å². The summed E-state index contributed by atoms with van der Waals surface area (Å²) >= 11 is 0. The molecule has 30 heavy (non-hydrogen) atoms. The zero-order chi connectivity index (χ0) is 21.5. The lowest BCUT2D eigenvalue weighted by molar-refractivity contribution is -0.151. The van der Waals surface area contributed by atoms with Gasteiger partial charge in [-0.2, -0.15) is 0 Å². The van der Waals surface area contributed by atoms with Crippen molar-refractivity contribution in [3.8, 4) is 17.2 Å². The molecule has 0 unspecified atom stereocenters. The maximum absolute atomic E-state index is 12.6. The number of amides is 1. The summed E-state index contributed by atoms with van der Waals surface area (Å²) in [6.07, 6.45) is 3.67. The third kappa shape index (κ3) is 5.31. The van der Waals surface area contributed by atoms with Crippen molar-refractivity contribution in [2.45, 2.75) is 25.0 Å². The molecule has 1 atom stereocenters. The Labute approximate surface area is 175 Å². The number of benzene rings is 2. The van der Waals surface area contributed by atoms with Crippen LogP contribution >= 0.6 is 0 Å². The summed E-state index contributed by atoms with van der Waals surface area (Å²) in [6, 6.07) is 12.5. The van der Waals surface area contributed by atoms with E-state index in [1.165, 1.54) is 27.4 Å². The molecular formula is C23H25NO6. The van der Waals surface area contributed by atoms with Gasteiger partial charge in [0.1, 0.15) is 5.75 Å². The highest BCUT2D eigenvalue weighted by Gasteiger charge is 2.30. The van der Waals surface area contributed by atoms with Crippen LogP contribution in [0.3, 0.4) is 0 Å². The molecule has 1 saturated carbocycles. The summed E-state index contributed by atoms with van der Waals surface area (Å²) in [4.78, 5) is 25.1. The van der Waals surface area contributed by atoms with Crippen molar-refractivity contribution in [1.82, 2.24) is 5.32 Å². The number of esters is 1.